The molecule has 2 aliphatic heterocycles. The summed E-state index contributed by atoms with van der Waals surface area (Å²) in [6.45, 7) is 4.92. The van der Waals surface area contributed by atoms with Gasteiger partial charge >= 0.3 is 0 Å². The lowest BCUT2D eigenvalue weighted by molar-refractivity contribution is -0.122. The predicted molar refractivity (Wildman–Crippen MR) is 88.2 cm³/mol. The average Bonchev–Trinajstić information content (AvgIpc) is 3.13. The number of fused-ring (bicyclic) bond motifs is 1. The van der Waals surface area contributed by atoms with Crippen LogP contribution in [0.1, 0.15) is 25.3 Å². The summed E-state index contributed by atoms with van der Waals surface area (Å²) in [6.07, 6.45) is 3.18. The minimum Gasteiger partial charge on any atom is -0.366 e. The van der Waals surface area contributed by atoms with Crippen molar-refractivity contribution < 1.29 is 4.79 Å². The molecule has 1 saturated heterocycles. The summed E-state index contributed by atoms with van der Waals surface area (Å²) in [5.41, 5.74) is 2.75. The lowest BCUT2D eigenvalue weighted by Crippen LogP contribution is -2.46. The third-order valence-corrected chi connectivity index (χ3v) is 4.40. The summed E-state index contributed by atoms with van der Waals surface area (Å²) in [4.78, 5) is 14.4. The third kappa shape index (κ3) is 3.50. The van der Waals surface area contributed by atoms with Crippen LogP contribution in [0.25, 0.3) is 0 Å². The van der Waals surface area contributed by atoms with Crippen molar-refractivity contribution in [2.75, 3.05) is 24.5 Å². The number of carbonyl (C=O) groups is 1. The zero-order valence-electron chi connectivity index (χ0n) is 12.5. The van der Waals surface area contributed by atoms with Gasteiger partial charge in [0.2, 0.25) is 5.91 Å². The number of anilines is 1. The number of nitrogens with zero attached hydrogens (tertiary/aromatic N) is 1. The number of nitrogens with one attached hydrogen (secondary N) is 2. The maximum absolute atomic E-state index is 12.0. The summed E-state index contributed by atoms with van der Waals surface area (Å²) < 4.78 is 0. The number of benzene rings is 1. The molecule has 0 aromatic heterocycles. The van der Waals surface area contributed by atoms with E-state index in [1.807, 2.05) is 0 Å². The van der Waals surface area contributed by atoms with E-state index < -0.39 is 0 Å². The first-order chi connectivity index (χ1) is 9.75. The second-order valence-electron chi connectivity index (χ2n) is 5.82. The molecule has 2 aliphatic rings. The van der Waals surface area contributed by atoms with Gasteiger partial charge in [-0.2, -0.15) is 0 Å². The van der Waals surface area contributed by atoms with Gasteiger partial charge in [-0.1, -0.05) is 18.2 Å². The van der Waals surface area contributed by atoms with Crippen molar-refractivity contribution in [3.05, 3.63) is 29.8 Å². The molecule has 1 aromatic rings. The molecule has 4 nitrogen and oxygen atoms in total. The van der Waals surface area contributed by atoms with Gasteiger partial charge in [-0.3, -0.25) is 4.79 Å². The molecular formula is C16H24ClN3O. The van der Waals surface area contributed by atoms with Gasteiger partial charge in [0.1, 0.15) is 0 Å². The number of hydrogen-bond acceptors (Lipinski definition) is 3. The Morgan fingerprint density at radius 1 is 1.48 bits per heavy atom. The van der Waals surface area contributed by atoms with Crippen molar-refractivity contribution in [1.29, 1.82) is 0 Å². The van der Waals surface area contributed by atoms with Gasteiger partial charge in [0.25, 0.3) is 0 Å². The lowest BCUT2D eigenvalue weighted by atomic mass is 10.1. The van der Waals surface area contributed by atoms with Crippen LogP contribution in [0.5, 0.6) is 0 Å². The van der Waals surface area contributed by atoms with Crippen LogP contribution in [-0.2, 0) is 11.2 Å². The largest absolute Gasteiger partial charge is 0.366 e. The summed E-state index contributed by atoms with van der Waals surface area (Å²) >= 11 is 0. The summed E-state index contributed by atoms with van der Waals surface area (Å²) in [7, 11) is 0. The molecule has 3 rings (SSSR count). The molecule has 0 aliphatic carbocycles. The summed E-state index contributed by atoms with van der Waals surface area (Å²) in [5.74, 6) is 0.154. The number of halogens is 1. The van der Waals surface area contributed by atoms with E-state index in [0.717, 1.165) is 32.4 Å². The Balaban J connectivity index is 0.00000161. The van der Waals surface area contributed by atoms with Crippen LogP contribution < -0.4 is 15.5 Å². The highest BCUT2D eigenvalue weighted by atomic mass is 35.5. The lowest BCUT2D eigenvalue weighted by Gasteiger charge is -2.28. The molecule has 5 heteroatoms. The van der Waals surface area contributed by atoms with Crippen LogP contribution in [0, 0.1) is 0 Å². The average molecular weight is 310 g/mol. The van der Waals surface area contributed by atoms with Crippen molar-refractivity contribution in [1.82, 2.24) is 10.6 Å². The second-order valence-corrected chi connectivity index (χ2v) is 5.82. The van der Waals surface area contributed by atoms with Crippen LogP contribution in [-0.4, -0.2) is 37.6 Å². The molecule has 1 aromatic carbocycles. The molecule has 1 fully saturated rings. The highest BCUT2D eigenvalue weighted by Crippen LogP contribution is 2.28. The number of hydrogen-bond donors (Lipinski definition) is 2. The van der Waals surface area contributed by atoms with Gasteiger partial charge in [0.15, 0.2) is 0 Å². The minimum atomic E-state index is 0. The minimum absolute atomic E-state index is 0. The van der Waals surface area contributed by atoms with Gasteiger partial charge in [0, 0.05) is 24.8 Å². The van der Waals surface area contributed by atoms with Crippen molar-refractivity contribution >= 4 is 24.0 Å². The van der Waals surface area contributed by atoms with Gasteiger partial charge in [0.05, 0.1) is 6.04 Å². The van der Waals surface area contributed by atoms with E-state index in [1.165, 1.54) is 11.3 Å². The first-order valence-electron chi connectivity index (χ1n) is 7.61. The highest BCUT2D eigenvalue weighted by Gasteiger charge is 2.25. The molecule has 0 saturated carbocycles. The monoisotopic (exact) mass is 309 g/mol. The van der Waals surface area contributed by atoms with E-state index in [1.54, 1.807) is 0 Å². The van der Waals surface area contributed by atoms with E-state index in [-0.39, 0.29) is 24.4 Å². The predicted octanol–water partition coefficient (Wildman–Crippen LogP) is 1.73. The molecule has 2 unspecified atom stereocenters. The Bertz CT molecular complexity index is 488. The fraction of sp³-hybridized carbons (Fsp3) is 0.562. The van der Waals surface area contributed by atoms with Crippen LogP contribution >= 0.6 is 12.4 Å². The molecule has 0 spiro atoms. The topological polar surface area (TPSA) is 44.4 Å². The molecule has 0 radical (unpaired) electrons. The molecule has 2 atom stereocenters. The quantitative estimate of drug-likeness (QED) is 0.890. The first-order valence-corrected chi connectivity index (χ1v) is 7.61. The number of rotatable bonds is 4. The maximum Gasteiger partial charge on any atom is 0.237 e. The Morgan fingerprint density at radius 2 is 2.29 bits per heavy atom. The van der Waals surface area contributed by atoms with Crippen LogP contribution in [0.4, 0.5) is 5.69 Å². The number of amides is 1. The van der Waals surface area contributed by atoms with Gasteiger partial charge in [-0.05, 0) is 44.4 Å². The number of para-hydroxylation sites is 1. The molecule has 2 heterocycles. The van der Waals surface area contributed by atoms with Crippen LogP contribution in [0.15, 0.2) is 24.3 Å². The Morgan fingerprint density at radius 3 is 3.05 bits per heavy atom. The molecule has 1 amide bonds. The molecule has 116 valence electrons. The van der Waals surface area contributed by atoms with Gasteiger partial charge in [-0.25, -0.2) is 0 Å². The van der Waals surface area contributed by atoms with E-state index in [9.17, 15) is 4.79 Å². The maximum atomic E-state index is 12.0. The fourth-order valence-corrected chi connectivity index (χ4v) is 3.21. The van der Waals surface area contributed by atoms with E-state index in [4.69, 9.17) is 0 Å². The fourth-order valence-electron chi connectivity index (χ4n) is 3.21. The second kappa shape index (κ2) is 7.14. The number of carbonyl (C=O) groups excluding carboxylic acids is 1. The van der Waals surface area contributed by atoms with Crippen molar-refractivity contribution in [3.8, 4) is 0 Å². The molecule has 2 N–H and O–H groups in total. The Hall–Kier alpha value is -1.26. The summed E-state index contributed by atoms with van der Waals surface area (Å²) in [5, 5.41) is 6.33. The summed E-state index contributed by atoms with van der Waals surface area (Å²) in [6, 6.07) is 8.92. The molecule has 21 heavy (non-hydrogen) atoms. The zero-order chi connectivity index (χ0) is 13.9. The van der Waals surface area contributed by atoms with Crippen molar-refractivity contribution in [2.45, 2.75) is 38.3 Å². The Labute approximate surface area is 132 Å². The van der Waals surface area contributed by atoms with Crippen LogP contribution in [0.3, 0.4) is 0 Å². The standard InChI is InChI=1S/C16H23N3O.ClH/c1-12(11-18-16(20)14-6-4-9-17-14)19-10-8-13-5-2-3-7-15(13)19;/h2-3,5,7,12,14,17H,4,6,8-11H2,1H3,(H,18,20);1H. The van der Waals surface area contributed by atoms with Crippen molar-refractivity contribution in [3.63, 3.8) is 0 Å². The third-order valence-electron chi connectivity index (χ3n) is 4.40. The normalized spacial score (nSPS) is 21.6. The Kier molecular flexibility index (Phi) is 5.48. The zero-order valence-corrected chi connectivity index (χ0v) is 13.3. The van der Waals surface area contributed by atoms with E-state index >= 15 is 0 Å². The SMILES string of the molecule is CC(CNC(=O)C1CCCN1)N1CCc2ccccc21.Cl. The van der Waals surface area contributed by atoms with E-state index in [0.29, 0.717) is 12.6 Å². The first kappa shape index (κ1) is 16.1. The smallest absolute Gasteiger partial charge is 0.237 e. The van der Waals surface area contributed by atoms with Gasteiger partial charge < -0.3 is 15.5 Å². The highest BCUT2D eigenvalue weighted by molar-refractivity contribution is 5.85. The molecular weight excluding hydrogens is 286 g/mol. The van der Waals surface area contributed by atoms with Crippen LogP contribution in [0.2, 0.25) is 0 Å². The molecule has 0 bridgehead atoms. The van der Waals surface area contributed by atoms with E-state index in [2.05, 4.69) is 46.7 Å². The van der Waals surface area contributed by atoms with Crippen molar-refractivity contribution in [2.24, 2.45) is 0 Å². The van der Waals surface area contributed by atoms with Gasteiger partial charge in [-0.15, -0.1) is 12.4 Å².